The second kappa shape index (κ2) is 6.46. The molecule has 0 aliphatic carbocycles. The molecule has 0 aliphatic rings. The smallest absolute Gasteiger partial charge is 0.335 e. The van der Waals surface area contributed by atoms with Crippen molar-refractivity contribution in [2.45, 2.75) is 38.2 Å². The summed E-state index contributed by atoms with van der Waals surface area (Å²) in [4.78, 5) is 11.1. The van der Waals surface area contributed by atoms with Crippen molar-refractivity contribution in [2.24, 2.45) is 0 Å². The van der Waals surface area contributed by atoms with E-state index in [9.17, 15) is 13.2 Å². The van der Waals surface area contributed by atoms with E-state index in [1.54, 1.807) is 6.92 Å². The van der Waals surface area contributed by atoms with Gasteiger partial charge in [-0.25, -0.2) is 13.2 Å². The average Bonchev–Trinajstić information content (AvgIpc) is 2.29. The van der Waals surface area contributed by atoms with Crippen molar-refractivity contribution in [1.82, 2.24) is 0 Å². The highest BCUT2D eigenvalue weighted by Crippen LogP contribution is 2.27. The second-order valence-electron chi connectivity index (χ2n) is 5.67. The summed E-state index contributed by atoms with van der Waals surface area (Å²) < 4.78 is 30.6. The Bertz CT molecular complexity index is 644. The van der Waals surface area contributed by atoms with Crippen molar-refractivity contribution in [2.75, 3.05) is 12.4 Å². The Morgan fingerprint density at radius 1 is 1.33 bits per heavy atom. The van der Waals surface area contributed by atoms with Gasteiger partial charge >= 0.3 is 5.97 Å². The molecule has 1 aromatic rings. The van der Waals surface area contributed by atoms with Gasteiger partial charge in [0.2, 0.25) is 0 Å². The van der Waals surface area contributed by atoms with E-state index < -0.39 is 21.4 Å². The van der Waals surface area contributed by atoms with Crippen molar-refractivity contribution in [3.63, 3.8) is 0 Å². The number of carboxylic acids is 1. The lowest BCUT2D eigenvalue weighted by molar-refractivity contribution is 0.00644. The quantitative estimate of drug-likeness (QED) is 0.851. The number of sulfone groups is 1. The molecule has 0 amide bonds. The Hall–Kier alpha value is -0.920. The molecule has 0 atom stereocenters. The fourth-order valence-corrected chi connectivity index (χ4v) is 3.66. The van der Waals surface area contributed by atoms with Crippen molar-refractivity contribution < 1.29 is 23.1 Å². The van der Waals surface area contributed by atoms with Crippen LogP contribution in [0.25, 0.3) is 0 Å². The van der Waals surface area contributed by atoms with Gasteiger partial charge in [0, 0.05) is 4.47 Å². The minimum Gasteiger partial charge on any atom is -0.478 e. The van der Waals surface area contributed by atoms with Crippen molar-refractivity contribution in [3.8, 4) is 0 Å². The van der Waals surface area contributed by atoms with E-state index in [1.165, 1.54) is 12.1 Å². The SMILES string of the molecule is Cc1c(Br)cc(C(=O)O)cc1S(=O)(=O)CCOC(C)(C)C. The standard InChI is InChI=1S/C14H19BrO5S/c1-9-11(15)7-10(13(16)17)8-12(9)21(18,19)6-5-20-14(2,3)4/h7-8H,5-6H2,1-4H3,(H,16,17). The van der Waals surface area contributed by atoms with Gasteiger partial charge in [-0.1, -0.05) is 15.9 Å². The van der Waals surface area contributed by atoms with Crippen molar-refractivity contribution >= 4 is 31.7 Å². The van der Waals surface area contributed by atoms with E-state index in [1.807, 2.05) is 20.8 Å². The van der Waals surface area contributed by atoms with Gasteiger partial charge in [-0.3, -0.25) is 0 Å². The number of benzene rings is 1. The first-order valence-electron chi connectivity index (χ1n) is 6.34. The van der Waals surface area contributed by atoms with Crippen LogP contribution in [0.4, 0.5) is 0 Å². The molecule has 0 aromatic heterocycles. The molecule has 5 nitrogen and oxygen atoms in total. The van der Waals surface area contributed by atoms with Gasteiger partial charge < -0.3 is 9.84 Å². The number of hydrogen-bond donors (Lipinski definition) is 1. The van der Waals surface area contributed by atoms with Gasteiger partial charge in [0.1, 0.15) is 0 Å². The summed E-state index contributed by atoms with van der Waals surface area (Å²) in [5.74, 6) is -1.36. The van der Waals surface area contributed by atoms with Crippen molar-refractivity contribution in [1.29, 1.82) is 0 Å². The molecule has 0 spiro atoms. The zero-order valence-electron chi connectivity index (χ0n) is 12.4. The molecule has 0 saturated carbocycles. The third-order valence-corrected chi connectivity index (χ3v) is 5.39. The summed E-state index contributed by atoms with van der Waals surface area (Å²) in [7, 11) is -3.61. The van der Waals surface area contributed by atoms with Gasteiger partial charge in [0.05, 0.1) is 28.4 Å². The highest BCUT2D eigenvalue weighted by Gasteiger charge is 2.22. The van der Waals surface area contributed by atoms with Crippen LogP contribution in [0.1, 0.15) is 36.7 Å². The van der Waals surface area contributed by atoms with Gasteiger partial charge in [-0.05, 0) is 45.4 Å². The van der Waals surface area contributed by atoms with Crippen LogP contribution >= 0.6 is 15.9 Å². The molecule has 21 heavy (non-hydrogen) atoms. The molecule has 118 valence electrons. The van der Waals surface area contributed by atoms with Crippen LogP contribution in [0.2, 0.25) is 0 Å². The lowest BCUT2D eigenvalue weighted by atomic mass is 10.1. The molecule has 0 unspecified atom stereocenters. The van der Waals surface area contributed by atoms with Crippen molar-refractivity contribution in [3.05, 3.63) is 27.7 Å². The monoisotopic (exact) mass is 378 g/mol. The summed E-state index contributed by atoms with van der Waals surface area (Å²) >= 11 is 3.20. The lowest BCUT2D eigenvalue weighted by Crippen LogP contribution is -2.24. The number of aromatic carboxylic acids is 1. The molecule has 0 saturated heterocycles. The minimum absolute atomic E-state index is 0.0202. The van der Waals surface area contributed by atoms with E-state index >= 15 is 0 Å². The Morgan fingerprint density at radius 3 is 2.38 bits per heavy atom. The number of carbonyl (C=O) groups is 1. The zero-order valence-corrected chi connectivity index (χ0v) is 14.8. The topological polar surface area (TPSA) is 80.7 Å². The fraction of sp³-hybridized carbons (Fsp3) is 0.500. The average molecular weight is 379 g/mol. The first kappa shape index (κ1) is 18.1. The summed E-state index contributed by atoms with van der Waals surface area (Å²) in [6.45, 7) is 7.21. The summed E-state index contributed by atoms with van der Waals surface area (Å²) in [6, 6.07) is 2.58. The molecule has 0 aliphatic heterocycles. The third kappa shape index (κ3) is 5.09. The van der Waals surface area contributed by atoms with Gasteiger partial charge in [0.25, 0.3) is 0 Å². The van der Waals surface area contributed by atoms with E-state index in [0.717, 1.165) is 0 Å². The predicted molar refractivity (Wildman–Crippen MR) is 83.6 cm³/mol. The number of halogens is 1. The first-order chi connectivity index (χ1) is 9.44. The second-order valence-corrected chi connectivity index (χ2v) is 8.60. The Kier molecular flexibility index (Phi) is 5.57. The van der Waals surface area contributed by atoms with Crippen LogP contribution < -0.4 is 0 Å². The highest BCUT2D eigenvalue weighted by molar-refractivity contribution is 9.10. The predicted octanol–water partition coefficient (Wildman–Crippen LogP) is 3.04. The Morgan fingerprint density at radius 2 is 1.90 bits per heavy atom. The summed E-state index contributed by atoms with van der Waals surface area (Å²) in [5, 5.41) is 9.03. The fourth-order valence-electron chi connectivity index (χ4n) is 1.67. The molecule has 0 radical (unpaired) electrons. The maximum Gasteiger partial charge on any atom is 0.335 e. The normalized spacial score (nSPS) is 12.4. The van der Waals surface area contributed by atoms with Crippen LogP contribution in [-0.2, 0) is 14.6 Å². The molecule has 1 aromatic carbocycles. The van der Waals surface area contributed by atoms with Crippen LogP contribution in [0, 0.1) is 6.92 Å². The molecule has 0 heterocycles. The van der Waals surface area contributed by atoms with E-state index in [2.05, 4.69) is 15.9 Å². The molecular weight excluding hydrogens is 360 g/mol. The van der Waals surface area contributed by atoms with Gasteiger partial charge in [-0.2, -0.15) is 0 Å². The van der Waals surface area contributed by atoms with E-state index in [4.69, 9.17) is 9.84 Å². The maximum atomic E-state index is 12.4. The minimum atomic E-state index is -3.61. The summed E-state index contributed by atoms with van der Waals surface area (Å²) in [5.41, 5.74) is 0.00665. The van der Waals surface area contributed by atoms with Gasteiger partial charge in [-0.15, -0.1) is 0 Å². The highest BCUT2D eigenvalue weighted by atomic mass is 79.9. The number of rotatable bonds is 5. The van der Waals surface area contributed by atoms with E-state index in [-0.39, 0.29) is 22.8 Å². The largest absolute Gasteiger partial charge is 0.478 e. The van der Waals surface area contributed by atoms with Gasteiger partial charge in [0.15, 0.2) is 9.84 Å². The van der Waals surface area contributed by atoms with E-state index in [0.29, 0.717) is 10.0 Å². The molecule has 1 N–H and O–H groups in total. The van der Waals surface area contributed by atoms with Crippen LogP contribution in [0.15, 0.2) is 21.5 Å². The van der Waals surface area contributed by atoms with Crippen LogP contribution in [0.5, 0.6) is 0 Å². The maximum absolute atomic E-state index is 12.4. The molecule has 0 bridgehead atoms. The Balaban J connectivity index is 3.11. The number of carboxylic acid groups (broad SMARTS) is 1. The van der Waals surface area contributed by atoms with Crippen LogP contribution in [0.3, 0.4) is 0 Å². The Labute approximate surface area is 133 Å². The zero-order chi connectivity index (χ0) is 16.4. The molecule has 7 heteroatoms. The first-order valence-corrected chi connectivity index (χ1v) is 8.79. The molecular formula is C14H19BrO5S. The number of hydrogen-bond acceptors (Lipinski definition) is 4. The third-order valence-electron chi connectivity index (χ3n) is 2.77. The molecule has 0 fully saturated rings. The molecule has 1 rings (SSSR count). The summed E-state index contributed by atoms with van der Waals surface area (Å²) in [6.07, 6.45) is 0. The number of ether oxygens (including phenoxy) is 1. The lowest BCUT2D eigenvalue weighted by Gasteiger charge is -2.19. The van der Waals surface area contributed by atoms with Crippen LogP contribution in [-0.4, -0.2) is 37.5 Å².